The van der Waals surface area contributed by atoms with Crippen LogP contribution in [0.15, 0.2) is 0 Å². The Morgan fingerprint density at radius 1 is 1.05 bits per heavy atom. The van der Waals surface area contributed by atoms with Gasteiger partial charge < -0.3 is 14.7 Å². The summed E-state index contributed by atoms with van der Waals surface area (Å²) in [7, 11) is 0. The molecular formula is C12H16F3N3O3. The van der Waals surface area contributed by atoms with Crippen LogP contribution in [0, 0.1) is 0 Å². The smallest absolute Gasteiger partial charge is 0.342 e. The van der Waals surface area contributed by atoms with Gasteiger partial charge in [-0.15, -0.1) is 0 Å². The van der Waals surface area contributed by atoms with E-state index in [0.717, 1.165) is 0 Å². The molecular weight excluding hydrogens is 291 g/mol. The van der Waals surface area contributed by atoms with Gasteiger partial charge in [-0.1, -0.05) is 0 Å². The second kappa shape index (κ2) is 5.90. The SMILES string of the molecule is O=CN1CCN(C(=O)C2CCCN2C(=O)C(F)(F)F)CC1. The van der Waals surface area contributed by atoms with Crippen molar-refractivity contribution in [3.05, 3.63) is 0 Å². The van der Waals surface area contributed by atoms with Gasteiger partial charge in [-0.2, -0.15) is 13.2 Å². The first-order valence-corrected chi connectivity index (χ1v) is 6.70. The molecule has 0 aromatic heterocycles. The summed E-state index contributed by atoms with van der Waals surface area (Å²) in [6.07, 6.45) is -3.66. The lowest BCUT2D eigenvalue weighted by Crippen LogP contribution is -2.55. The molecule has 1 atom stereocenters. The molecule has 2 heterocycles. The first kappa shape index (κ1) is 15.6. The highest BCUT2D eigenvalue weighted by Crippen LogP contribution is 2.26. The van der Waals surface area contributed by atoms with Crippen LogP contribution in [0.25, 0.3) is 0 Å². The molecule has 21 heavy (non-hydrogen) atoms. The topological polar surface area (TPSA) is 60.9 Å². The summed E-state index contributed by atoms with van der Waals surface area (Å²) >= 11 is 0. The number of nitrogens with zero attached hydrogens (tertiary/aromatic N) is 3. The van der Waals surface area contributed by atoms with Crippen molar-refractivity contribution in [1.82, 2.24) is 14.7 Å². The zero-order valence-electron chi connectivity index (χ0n) is 11.3. The molecule has 0 aliphatic carbocycles. The number of carbonyl (C=O) groups is 3. The van der Waals surface area contributed by atoms with Gasteiger partial charge in [0.2, 0.25) is 12.3 Å². The Morgan fingerprint density at radius 3 is 2.19 bits per heavy atom. The molecule has 2 saturated heterocycles. The Kier molecular flexibility index (Phi) is 4.38. The van der Waals surface area contributed by atoms with Gasteiger partial charge in [-0.3, -0.25) is 14.4 Å². The minimum Gasteiger partial charge on any atom is -0.342 e. The highest BCUT2D eigenvalue weighted by molar-refractivity contribution is 5.90. The van der Waals surface area contributed by atoms with Gasteiger partial charge in [0.1, 0.15) is 6.04 Å². The van der Waals surface area contributed by atoms with Crippen molar-refractivity contribution < 1.29 is 27.6 Å². The van der Waals surface area contributed by atoms with E-state index >= 15 is 0 Å². The van der Waals surface area contributed by atoms with Gasteiger partial charge >= 0.3 is 12.1 Å². The van der Waals surface area contributed by atoms with Gasteiger partial charge in [0.15, 0.2) is 0 Å². The Labute approximate surface area is 119 Å². The summed E-state index contributed by atoms with van der Waals surface area (Å²) in [4.78, 5) is 37.8. The Morgan fingerprint density at radius 2 is 1.67 bits per heavy atom. The number of rotatable bonds is 2. The average molecular weight is 307 g/mol. The lowest BCUT2D eigenvalue weighted by molar-refractivity contribution is -0.187. The maximum Gasteiger partial charge on any atom is 0.471 e. The average Bonchev–Trinajstić information content (AvgIpc) is 2.94. The molecule has 118 valence electrons. The number of hydrogen-bond acceptors (Lipinski definition) is 3. The van der Waals surface area contributed by atoms with Crippen LogP contribution in [0.2, 0.25) is 0 Å². The molecule has 2 aliphatic heterocycles. The van der Waals surface area contributed by atoms with Gasteiger partial charge in [-0.05, 0) is 12.8 Å². The minimum absolute atomic E-state index is 0.0525. The molecule has 0 N–H and O–H groups in total. The predicted octanol–water partition coefficient (Wildman–Crippen LogP) is -0.160. The third kappa shape index (κ3) is 3.27. The van der Waals surface area contributed by atoms with Crippen molar-refractivity contribution in [3.8, 4) is 0 Å². The zero-order valence-corrected chi connectivity index (χ0v) is 11.3. The van der Waals surface area contributed by atoms with Crippen molar-refractivity contribution in [2.75, 3.05) is 32.7 Å². The molecule has 1 unspecified atom stereocenters. The summed E-state index contributed by atoms with van der Waals surface area (Å²) in [5.74, 6) is -2.42. The molecule has 2 rings (SSSR count). The van der Waals surface area contributed by atoms with Crippen LogP contribution >= 0.6 is 0 Å². The number of hydrogen-bond donors (Lipinski definition) is 0. The number of likely N-dealkylation sites (tertiary alicyclic amines) is 1. The summed E-state index contributed by atoms with van der Waals surface area (Å²) in [6, 6.07) is -1.04. The standard InChI is InChI=1S/C12H16F3N3O3/c13-12(14,15)11(21)18-3-1-2-9(18)10(20)17-6-4-16(8-19)5-7-17/h8-9H,1-7H2. The molecule has 9 heteroatoms. The van der Waals surface area contributed by atoms with E-state index < -0.39 is 24.0 Å². The van der Waals surface area contributed by atoms with E-state index in [-0.39, 0.29) is 26.1 Å². The monoisotopic (exact) mass is 307 g/mol. The van der Waals surface area contributed by atoms with Gasteiger partial charge in [0, 0.05) is 32.7 Å². The van der Waals surface area contributed by atoms with Crippen molar-refractivity contribution in [2.45, 2.75) is 25.1 Å². The van der Waals surface area contributed by atoms with Gasteiger partial charge in [-0.25, -0.2) is 0 Å². The summed E-state index contributed by atoms with van der Waals surface area (Å²) in [5, 5.41) is 0. The van der Waals surface area contributed by atoms with E-state index in [1.54, 1.807) is 0 Å². The number of carbonyl (C=O) groups excluding carboxylic acids is 3. The second-order valence-corrected chi connectivity index (χ2v) is 5.12. The first-order valence-electron chi connectivity index (χ1n) is 6.70. The Bertz CT molecular complexity index is 433. The van der Waals surface area contributed by atoms with Crippen molar-refractivity contribution in [1.29, 1.82) is 0 Å². The van der Waals surface area contributed by atoms with E-state index in [2.05, 4.69) is 0 Å². The quantitative estimate of drug-likeness (QED) is 0.666. The lowest BCUT2D eigenvalue weighted by atomic mass is 10.1. The molecule has 0 saturated carbocycles. The predicted molar refractivity (Wildman–Crippen MR) is 65.0 cm³/mol. The Hall–Kier alpha value is -1.80. The van der Waals surface area contributed by atoms with Crippen LogP contribution in [0.3, 0.4) is 0 Å². The second-order valence-electron chi connectivity index (χ2n) is 5.12. The van der Waals surface area contributed by atoms with Crippen LogP contribution in [0.1, 0.15) is 12.8 Å². The third-order valence-corrected chi connectivity index (χ3v) is 3.82. The van der Waals surface area contributed by atoms with E-state index in [9.17, 15) is 27.6 Å². The number of halogens is 3. The van der Waals surface area contributed by atoms with E-state index in [1.165, 1.54) is 9.80 Å². The first-order chi connectivity index (χ1) is 9.84. The fourth-order valence-corrected chi connectivity index (χ4v) is 2.69. The normalized spacial score (nSPS) is 23.4. The number of alkyl halides is 3. The molecule has 0 aromatic carbocycles. The van der Waals surface area contributed by atoms with Crippen molar-refractivity contribution >= 4 is 18.2 Å². The largest absolute Gasteiger partial charge is 0.471 e. The summed E-state index contributed by atoms with van der Waals surface area (Å²) in [6.45, 7) is 1.22. The summed E-state index contributed by atoms with van der Waals surface area (Å²) < 4.78 is 37.5. The third-order valence-electron chi connectivity index (χ3n) is 3.82. The van der Waals surface area contributed by atoms with Crippen molar-refractivity contribution in [3.63, 3.8) is 0 Å². The zero-order chi connectivity index (χ0) is 15.6. The van der Waals surface area contributed by atoms with E-state index in [1.807, 2.05) is 0 Å². The van der Waals surface area contributed by atoms with Crippen LogP contribution in [0.4, 0.5) is 13.2 Å². The van der Waals surface area contributed by atoms with Crippen LogP contribution in [-0.4, -0.2) is 77.9 Å². The molecule has 0 bridgehead atoms. The van der Waals surface area contributed by atoms with Crippen LogP contribution < -0.4 is 0 Å². The maximum absolute atomic E-state index is 12.5. The van der Waals surface area contributed by atoms with Crippen LogP contribution in [0.5, 0.6) is 0 Å². The molecule has 6 nitrogen and oxygen atoms in total. The van der Waals surface area contributed by atoms with Gasteiger partial charge in [0.25, 0.3) is 0 Å². The molecule has 0 aromatic rings. The Balaban J connectivity index is 2.01. The maximum atomic E-state index is 12.5. The molecule has 2 aliphatic rings. The fourth-order valence-electron chi connectivity index (χ4n) is 2.69. The van der Waals surface area contributed by atoms with Crippen molar-refractivity contribution in [2.24, 2.45) is 0 Å². The minimum atomic E-state index is -4.96. The number of piperazine rings is 1. The molecule has 0 spiro atoms. The highest BCUT2D eigenvalue weighted by atomic mass is 19.4. The fraction of sp³-hybridized carbons (Fsp3) is 0.750. The van der Waals surface area contributed by atoms with E-state index in [0.29, 0.717) is 30.8 Å². The highest BCUT2D eigenvalue weighted by Gasteiger charge is 2.48. The molecule has 2 fully saturated rings. The van der Waals surface area contributed by atoms with Crippen LogP contribution in [-0.2, 0) is 14.4 Å². The van der Waals surface area contributed by atoms with E-state index in [4.69, 9.17) is 0 Å². The summed E-state index contributed by atoms with van der Waals surface area (Å²) in [5.41, 5.74) is 0. The number of amides is 3. The lowest BCUT2D eigenvalue weighted by Gasteiger charge is -2.36. The molecule has 3 amide bonds. The molecule has 0 radical (unpaired) electrons. The van der Waals surface area contributed by atoms with Gasteiger partial charge in [0.05, 0.1) is 0 Å².